The maximum absolute atomic E-state index is 11.7. The van der Waals surface area contributed by atoms with Gasteiger partial charge in [0.1, 0.15) is 5.75 Å². The van der Waals surface area contributed by atoms with Gasteiger partial charge >= 0.3 is 0 Å². The maximum atomic E-state index is 11.7. The molecule has 1 aliphatic heterocycles. The first kappa shape index (κ1) is 13.8. The molecule has 1 amide bonds. The molecular formula is C16H13BrN2O2. The van der Waals surface area contributed by atoms with E-state index in [1.807, 2.05) is 30.3 Å². The highest BCUT2D eigenvalue weighted by Gasteiger charge is 2.37. The van der Waals surface area contributed by atoms with Crippen LogP contribution in [0.5, 0.6) is 5.75 Å². The Hall–Kier alpha value is -2.14. The number of halogens is 1. The van der Waals surface area contributed by atoms with E-state index in [0.29, 0.717) is 12.0 Å². The van der Waals surface area contributed by atoms with Gasteiger partial charge in [-0.15, -0.1) is 0 Å². The molecule has 0 aliphatic carbocycles. The van der Waals surface area contributed by atoms with E-state index in [-0.39, 0.29) is 17.7 Å². The molecule has 5 heteroatoms. The smallest absolute Gasteiger partial charge is 0.245 e. The topological polar surface area (TPSA) is 52.9 Å². The minimum Gasteiger partial charge on any atom is -0.507 e. The number of hydrogen-bond acceptors (Lipinski definition) is 3. The van der Waals surface area contributed by atoms with Crippen molar-refractivity contribution in [1.29, 1.82) is 0 Å². The average molecular weight is 345 g/mol. The third kappa shape index (κ3) is 2.83. The van der Waals surface area contributed by atoms with Crippen molar-refractivity contribution in [3.8, 4) is 5.75 Å². The summed E-state index contributed by atoms with van der Waals surface area (Å²) in [5.74, 6) is 0.112. The molecule has 0 bridgehead atoms. The van der Waals surface area contributed by atoms with Crippen LogP contribution in [0.1, 0.15) is 23.6 Å². The van der Waals surface area contributed by atoms with Crippen LogP contribution < -0.4 is 0 Å². The number of β-lactam (4-membered cyclic amide) rings is 1. The van der Waals surface area contributed by atoms with Gasteiger partial charge in [-0.2, -0.15) is 5.10 Å². The second-order valence-electron chi connectivity index (χ2n) is 4.82. The van der Waals surface area contributed by atoms with E-state index in [9.17, 15) is 9.90 Å². The molecule has 0 spiro atoms. The minimum atomic E-state index is -0.0238. The number of amides is 1. The summed E-state index contributed by atoms with van der Waals surface area (Å²) in [7, 11) is 0. The van der Waals surface area contributed by atoms with Crippen LogP contribution in [0.4, 0.5) is 0 Å². The number of phenolic OH excluding ortho intramolecular Hbond substituents is 1. The van der Waals surface area contributed by atoms with Gasteiger partial charge in [-0.05, 0) is 23.8 Å². The molecule has 1 aliphatic rings. The lowest BCUT2D eigenvalue weighted by Gasteiger charge is -2.36. The Balaban J connectivity index is 1.81. The van der Waals surface area contributed by atoms with Gasteiger partial charge in [-0.1, -0.05) is 46.3 Å². The predicted octanol–water partition coefficient (Wildman–Crippen LogP) is 3.46. The Morgan fingerprint density at radius 1 is 1.24 bits per heavy atom. The summed E-state index contributed by atoms with van der Waals surface area (Å²) in [5, 5.41) is 15.4. The summed E-state index contributed by atoms with van der Waals surface area (Å²) >= 11 is 3.34. The van der Waals surface area contributed by atoms with Gasteiger partial charge in [0.25, 0.3) is 0 Å². The Bertz CT molecular complexity index is 701. The SMILES string of the molecule is O=C1C[C@@H](c2ccccc2)N1/N=C\c1cc(Br)ccc1O. The first-order valence-corrected chi connectivity index (χ1v) is 7.34. The zero-order valence-electron chi connectivity index (χ0n) is 11.1. The number of phenols is 1. The zero-order chi connectivity index (χ0) is 14.8. The van der Waals surface area contributed by atoms with Crippen molar-refractivity contribution in [2.45, 2.75) is 12.5 Å². The molecule has 4 nitrogen and oxygen atoms in total. The number of nitrogens with zero attached hydrogens (tertiary/aromatic N) is 2. The monoisotopic (exact) mass is 344 g/mol. The number of hydrogen-bond donors (Lipinski definition) is 1. The molecule has 1 heterocycles. The highest BCUT2D eigenvalue weighted by atomic mass is 79.9. The van der Waals surface area contributed by atoms with E-state index >= 15 is 0 Å². The largest absolute Gasteiger partial charge is 0.507 e. The van der Waals surface area contributed by atoms with E-state index in [2.05, 4.69) is 21.0 Å². The van der Waals surface area contributed by atoms with Gasteiger partial charge in [-0.25, -0.2) is 5.01 Å². The Morgan fingerprint density at radius 2 is 2.00 bits per heavy atom. The molecule has 1 atom stereocenters. The van der Waals surface area contributed by atoms with Gasteiger partial charge in [0.15, 0.2) is 0 Å². The number of hydrazone groups is 1. The fourth-order valence-electron chi connectivity index (χ4n) is 2.24. The summed E-state index contributed by atoms with van der Waals surface area (Å²) < 4.78 is 0.844. The molecule has 0 radical (unpaired) electrons. The van der Waals surface area contributed by atoms with Crippen molar-refractivity contribution in [2.75, 3.05) is 0 Å². The third-order valence-electron chi connectivity index (χ3n) is 3.41. The fraction of sp³-hybridized carbons (Fsp3) is 0.125. The number of rotatable bonds is 3. The summed E-state index contributed by atoms with van der Waals surface area (Å²) in [4.78, 5) is 11.7. The van der Waals surface area contributed by atoms with Crippen LogP contribution in [0.2, 0.25) is 0 Å². The van der Waals surface area contributed by atoms with Crippen molar-refractivity contribution in [3.05, 3.63) is 64.1 Å². The van der Waals surface area contributed by atoms with Crippen LogP contribution in [-0.4, -0.2) is 22.2 Å². The molecule has 2 aromatic rings. The standard InChI is InChI=1S/C16H13BrN2O2/c17-13-6-7-15(20)12(8-13)10-18-19-14(9-16(19)21)11-4-2-1-3-5-11/h1-8,10,14,20H,9H2/b18-10-/t14-/m0/s1. The predicted molar refractivity (Wildman–Crippen MR) is 84.0 cm³/mol. The lowest BCUT2D eigenvalue weighted by molar-refractivity contribution is -0.146. The minimum absolute atomic E-state index is 0.0189. The summed E-state index contributed by atoms with van der Waals surface area (Å²) in [6.07, 6.45) is 1.97. The van der Waals surface area contributed by atoms with Gasteiger partial charge in [0.05, 0.1) is 18.7 Å². The van der Waals surface area contributed by atoms with Crippen LogP contribution in [0.3, 0.4) is 0 Å². The van der Waals surface area contributed by atoms with Crippen molar-refractivity contribution in [1.82, 2.24) is 5.01 Å². The second kappa shape index (κ2) is 5.69. The number of carbonyl (C=O) groups excluding carboxylic acids is 1. The zero-order valence-corrected chi connectivity index (χ0v) is 12.7. The van der Waals surface area contributed by atoms with Crippen LogP contribution in [0.25, 0.3) is 0 Å². The van der Waals surface area contributed by atoms with Gasteiger partial charge < -0.3 is 5.11 Å². The second-order valence-corrected chi connectivity index (χ2v) is 5.73. The van der Waals surface area contributed by atoms with E-state index < -0.39 is 0 Å². The first-order chi connectivity index (χ1) is 10.1. The third-order valence-corrected chi connectivity index (χ3v) is 3.91. The van der Waals surface area contributed by atoms with E-state index in [4.69, 9.17) is 0 Å². The molecule has 1 fully saturated rings. The molecule has 2 aromatic carbocycles. The van der Waals surface area contributed by atoms with Crippen LogP contribution in [0, 0.1) is 0 Å². The molecule has 3 rings (SSSR count). The quantitative estimate of drug-likeness (QED) is 0.684. The van der Waals surface area contributed by atoms with Crippen LogP contribution in [0.15, 0.2) is 58.1 Å². The van der Waals surface area contributed by atoms with E-state index in [0.717, 1.165) is 10.0 Å². The van der Waals surface area contributed by atoms with Crippen molar-refractivity contribution >= 4 is 28.1 Å². The molecule has 0 aromatic heterocycles. The first-order valence-electron chi connectivity index (χ1n) is 6.54. The van der Waals surface area contributed by atoms with Crippen LogP contribution >= 0.6 is 15.9 Å². The van der Waals surface area contributed by atoms with Gasteiger partial charge in [0, 0.05) is 10.0 Å². The molecular weight excluding hydrogens is 332 g/mol. The molecule has 1 saturated heterocycles. The van der Waals surface area contributed by atoms with Gasteiger partial charge in [-0.3, -0.25) is 4.79 Å². The molecule has 0 unspecified atom stereocenters. The summed E-state index contributed by atoms with van der Waals surface area (Å²) in [6.45, 7) is 0. The van der Waals surface area contributed by atoms with E-state index in [1.54, 1.807) is 18.2 Å². The lowest BCUT2D eigenvalue weighted by atomic mass is 9.96. The Labute approximate surface area is 130 Å². The van der Waals surface area contributed by atoms with Crippen molar-refractivity contribution < 1.29 is 9.90 Å². The lowest BCUT2D eigenvalue weighted by Crippen LogP contribution is -2.42. The highest BCUT2D eigenvalue weighted by Crippen LogP contribution is 2.34. The van der Waals surface area contributed by atoms with Crippen molar-refractivity contribution in [3.63, 3.8) is 0 Å². The molecule has 1 N–H and O–H groups in total. The maximum Gasteiger partial charge on any atom is 0.245 e. The number of aromatic hydroxyl groups is 1. The Morgan fingerprint density at radius 3 is 2.71 bits per heavy atom. The van der Waals surface area contributed by atoms with Crippen LogP contribution in [-0.2, 0) is 4.79 Å². The molecule has 106 valence electrons. The highest BCUT2D eigenvalue weighted by molar-refractivity contribution is 9.10. The fourth-order valence-corrected chi connectivity index (χ4v) is 2.62. The van der Waals surface area contributed by atoms with Crippen molar-refractivity contribution in [2.24, 2.45) is 5.10 Å². The number of benzene rings is 2. The normalized spacial score (nSPS) is 18.0. The molecule has 0 saturated carbocycles. The number of carbonyl (C=O) groups is 1. The Kier molecular flexibility index (Phi) is 3.75. The summed E-state index contributed by atoms with van der Waals surface area (Å²) in [6, 6.07) is 14.8. The average Bonchev–Trinajstić information content (AvgIpc) is 2.49. The summed E-state index contributed by atoms with van der Waals surface area (Å²) in [5.41, 5.74) is 1.63. The van der Waals surface area contributed by atoms with E-state index in [1.165, 1.54) is 11.2 Å². The molecule has 21 heavy (non-hydrogen) atoms. The van der Waals surface area contributed by atoms with Gasteiger partial charge in [0.2, 0.25) is 5.91 Å².